The van der Waals surface area contributed by atoms with E-state index in [0.29, 0.717) is 27.9 Å². The number of para-hydroxylation sites is 2. The smallest absolute Gasteiger partial charge is 0.394 e. The van der Waals surface area contributed by atoms with Crippen LogP contribution in [0, 0.1) is 13.8 Å². The fraction of sp³-hybridized carbons (Fsp3) is 0.500. The Kier molecular flexibility index (Phi) is 4.40. The summed E-state index contributed by atoms with van der Waals surface area (Å²) in [6.45, 7) is 3.48. The van der Waals surface area contributed by atoms with Crippen LogP contribution < -0.4 is 4.74 Å². The number of sulfone groups is 1. The van der Waals surface area contributed by atoms with Gasteiger partial charge in [-0.05, 0) is 38.8 Å². The normalized spacial score (nSPS) is 25.0. The highest BCUT2D eigenvalue weighted by Gasteiger charge is 2.44. The predicted molar refractivity (Wildman–Crippen MR) is 106 cm³/mol. The van der Waals surface area contributed by atoms with Crippen LogP contribution in [0.25, 0.3) is 11.1 Å². The number of nitrogens with zero attached hydrogens (tertiary/aromatic N) is 3. The van der Waals surface area contributed by atoms with E-state index in [1.165, 1.54) is 0 Å². The zero-order chi connectivity index (χ0) is 20.2. The van der Waals surface area contributed by atoms with Gasteiger partial charge in [0.2, 0.25) is 0 Å². The van der Waals surface area contributed by atoms with Crippen LogP contribution in [-0.2, 0) is 9.84 Å². The van der Waals surface area contributed by atoms with Gasteiger partial charge >= 0.3 is 6.08 Å². The second kappa shape index (κ2) is 6.84. The van der Waals surface area contributed by atoms with Crippen LogP contribution in [0.15, 0.2) is 33.6 Å². The minimum Gasteiger partial charge on any atom is -0.447 e. The Bertz CT molecular complexity index is 1090. The number of aromatic amines is 1. The van der Waals surface area contributed by atoms with Gasteiger partial charge in [0, 0.05) is 24.9 Å². The van der Waals surface area contributed by atoms with E-state index in [1.807, 2.05) is 24.3 Å². The first-order valence-corrected chi connectivity index (χ1v) is 11.6. The van der Waals surface area contributed by atoms with E-state index in [0.717, 1.165) is 31.2 Å². The number of aromatic nitrogens is 3. The molecule has 0 saturated carbocycles. The summed E-state index contributed by atoms with van der Waals surface area (Å²) in [7, 11) is -3.44. The molecule has 5 rings (SSSR count). The first-order valence-electron chi connectivity index (χ1n) is 9.93. The van der Waals surface area contributed by atoms with E-state index < -0.39 is 9.84 Å². The highest BCUT2D eigenvalue weighted by Crippen LogP contribution is 2.38. The molecule has 3 aromatic rings. The molecule has 0 spiro atoms. The number of oxazole rings is 1. The maximum Gasteiger partial charge on any atom is 0.394 e. The largest absolute Gasteiger partial charge is 0.447 e. The molecule has 9 heteroatoms. The van der Waals surface area contributed by atoms with Crippen molar-refractivity contribution in [1.82, 2.24) is 20.1 Å². The molecule has 2 fully saturated rings. The zero-order valence-electron chi connectivity index (χ0n) is 16.5. The van der Waals surface area contributed by atoms with Gasteiger partial charge < -0.3 is 9.15 Å². The maximum absolute atomic E-state index is 13.0. The molecular formula is C20H24N4O4S. The maximum atomic E-state index is 13.0. The second-order valence-electron chi connectivity index (χ2n) is 8.06. The lowest BCUT2D eigenvalue weighted by Gasteiger charge is -2.37. The molecule has 4 heterocycles. The lowest BCUT2D eigenvalue weighted by molar-refractivity contribution is 0.0437. The van der Waals surface area contributed by atoms with Crippen molar-refractivity contribution in [2.24, 2.45) is 0 Å². The van der Waals surface area contributed by atoms with Crippen LogP contribution in [0.1, 0.15) is 37.1 Å². The average molecular weight is 417 g/mol. The number of nitrogens with one attached hydrogen (secondary N) is 1. The third-order valence-electron chi connectivity index (χ3n) is 6.07. The van der Waals surface area contributed by atoms with Crippen LogP contribution in [0.2, 0.25) is 0 Å². The van der Waals surface area contributed by atoms with Crippen molar-refractivity contribution in [3.05, 3.63) is 35.7 Å². The van der Waals surface area contributed by atoms with E-state index in [-0.39, 0.29) is 24.1 Å². The van der Waals surface area contributed by atoms with Crippen molar-refractivity contribution in [2.45, 2.75) is 62.6 Å². The molecule has 3 atom stereocenters. The molecule has 2 bridgehead atoms. The molecule has 8 nitrogen and oxygen atoms in total. The molecule has 1 N–H and O–H groups in total. The molecule has 0 aliphatic carbocycles. The molecule has 154 valence electrons. The van der Waals surface area contributed by atoms with Crippen molar-refractivity contribution in [3.8, 4) is 6.08 Å². The topological polar surface area (TPSA) is 101 Å². The summed E-state index contributed by atoms with van der Waals surface area (Å²) >= 11 is 0. The fourth-order valence-electron chi connectivity index (χ4n) is 4.83. The summed E-state index contributed by atoms with van der Waals surface area (Å²) in [5.74, 6) is 0.0269. The van der Waals surface area contributed by atoms with E-state index in [4.69, 9.17) is 9.15 Å². The SMILES string of the molecule is Cc1n[nH]c(C)c1S(=O)(=O)CN1[C@@H]2CC[C@H]1CC(Oc1nc3ccccc3o1)C2. The van der Waals surface area contributed by atoms with Crippen molar-refractivity contribution >= 4 is 20.9 Å². The van der Waals surface area contributed by atoms with E-state index in [1.54, 1.807) is 13.8 Å². The lowest BCUT2D eigenvalue weighted by atomic mass is 10.0. The Morgan fingerprint density at radius 3 is 2.59 bits per heavy atom. The number of rotatable bonds is 5. The quantitative estimate of drug-likeness (QED) is 0.682. The summed E-state index contributed by atoms with van der Waals surface area (Å²) in [6.07, 6.45) is 3.79. The minimum atomic E-state index is -3.44. The molecule has 2 aromatic heterocycles. The number of H-pyrrole nitrogens is 1. The van der Waals surface area contributed by atoms with Crippen LogP contribution in [0.5, 0.6) is 6.08 Å². The van der Waals surface area contributed by atoms with Gasteiger partial charge in [0.05, 0.1) is 11.4 Å². The molecule has 0 amide bonds. The van der Waals surface area contributed by atoms with Gasteiger partial charge in [-0.2, -0.15) is 10.1 Å². The standard InChI is InChI=1S/C20H24N4O4S/c1-12-19(13(2)23-22-12)29(25,26)11-24-14-7-8-15(24)10-16(9-14)27-20-21-17-5-3-4-6-18(17)28-20/h3-6,14-16H,7-11H2,1-2H3,(H,22,23)/t14-,15+,16?. The highest BCUT2D eigenvalue weighted by atomic mass is 32.2. The summed E-state index contributed by atoms with van der Waals surface area (Å²) < 4.78 is 37.8. The van der Waals surface area contributed by atoms with Crippen LogP contribution in [0.4, 0.5) is 0 Å². The summed E-state index contributed by atoms with van der Waals surface area (Å²) in [6, 6.07) is 7.95. The average Bonchev–Trinajstić information content (AvgIpc) is 3.29. The van der Waals surface area contributed by atoms with Gasteiger partial charge in [0.1, 0.15) is 22.4 Å². The second-order valence-corrected chi connectivity index (χ2v) is 9.96. The molecule has 2 saturated heterocycles. The minimum absolute atomic E-state index is 0.0167. The van der Waals surface area contributed by atoms with Gasteiger partial charge in [0.25, 0.3) is 0 Å². The van der Waals surface area contributed by atoms with Crippen molar-refractivity contribution in [3.63, 3.8) is 0 Å². The first-order chi connectivity index (χ1) is 13.9. The Hall–Kier alpha value is -2.39. The Morgan fingerprint density at radius 1 is 1.21 bits per heavy atom. The van der Waals surface area contributed by atoms with Crippen LogP contribution in [-0.4, -0.2) is 52.6 Å². The van der Waals surface area contributed by atoms with Crippen molar-refractivity contribution in [2.75, 3.05) is 5.88 Å². The number of fused-ring (bicyclic) bond motifs is 3. The van der Waals surface area contributed by atoms with Gasteiger partial charge in [-0.3, -0.25) is 10.00 Å². The monoisotopic (exact) mass is 416 g/mol. The van der Waals surface area contributed by atoms with Gasteiger partial charge in [0.15, 0.2) is 15.4 Å². The first kappa shape index (κ1) is 18.6. The van der Waals surface area contributed by atoms with Crippen LogP contribution in [0.3, 0.4) is 0 Å². The predicted octanol–water partition coefficient (Wildman–Crippen LogP) is 2.97. The van der Waals surface area contributed by atoms with Crippen LogP contribution >= 0.6 is 0 Å². The number of ether oxygens (including phenoxy) is 1. The number of piperidine rings is 1. The molecule has 2 aliphatic rings. The van der Waals surface area contributed by atoms with Crippen molar-refractivity contribution in [1.29, 1.82) is 0 Å². The summed E-state index contributed by atoms with van der Waals surface area (Å²) in [4.78, 5) is 6.87. The molecule has 0 radical (unpaired) electrons. The third kappa shape index (κ3) is 3.32. The van der Waals surface area contributed by atoms with Gasteiger partial charge in [-0.25, -0.2) is 8.42 Å². The summed E-state index contributed by atoms with van der Waals surface area (Å²) in [5, 5.41) is 6.82. The number of aryl methyl sites for hydroxylation is 2. The lowest BCUT2D eigenvalue weighted by Crippen LogP contribution is -2.48. The highest BCUT2D eigenvalue weighted by molar-refractivity contribution is 7.91. The van der Waals surface area contributed by atoms with Crippen molar-refractivity contribution < 1.29 is 17.6 Å². The summed E-state index contributed by atoms with van der Waals surface area (Å²) in [5.41, 5.74) is 2.62. The fourth-order valence-corrected chi connectivity index (χ4v) is 6.79. The number of benzene rings is 1. The Balaban J connectivity index is 1.30. The number of hydrogen-bond donors (Lipinski definition) is 1. The Morgan fingerprint density at radius 2 is 1.93 bits per heavy atom. The molecule has 2 aliphatic heterocycles. The Labute approximate surface area is 169 Å². The van der Waals surface area contributed by atoms with E-state index >= 15 is 0 Å². The zero-order valence-corrected chi connectivity index (χ0v) is 17.3. The molecule has 29 heavy (non-hydrogen) atoms. The van der Waals surface area contributed by atoms with E-state index in [9.17, 15) is 8.42 Å². The van der Waals surface area contributed by atoms with Gasteiger partial charge in [-0.15, -0.1) is 0 Å². The third-order valence-corrected chi connectivity index (χ3v) is 7.94. The van der Waals surface area contributed by atoms with E-state index in [2.05, 4.69) is 20.1 Å². The molecule has 1 aromatic carbocycles. The molecule has 1 unspecified atom stereocenters. The number of hydrogen-bond acceptors (Lipinski definition) is 7. The molecular weight excluding hydrogens is 392 g/mol. The van der Waals surface area contributed by atoms with Gasteiger partial charge in [-0.1, -0.05) is 12.1 Å².